The Labute approximate surface area is 126 Å². The fourth-order valence-corrected chi connectivity index (χ4v) is 2.35. The highest BCUT2D eigenvalue weighted by atomic mass is 79.9. The van der Waals surface area contributed by atoms with Crippen LogP contribution in [0.2, 0.25) is 0 Å². The minimum atomic E-state index is -0.453. The number of carbonyl (C=O) groups excluding carboxylic acids is 1. The Morgan fingerprint density at radius 2 is 2.20 bits per heavy atom. The van der Waals surface area contributed by atoms with E-state index in [1.807, 2.05) is 18.2 Å². The third kappa shape index (κ3) is 3.30. The summed E-state index contributed by atoms with van der Waals surface area (Å²) < 4.78 is 6.06. The van der Waals surface area contributed by atoms with Gasteiger partial charge in [-0.05, 0) is 24.1 Å². The highest BCUT2D eigenvalue weighted by Crippen LogP contribution is 2.29. The first-order valence-corrected chi connectivity index (χ1v) is 7.26. The lowest BCUT2D eigenvalue weighted by Crippen LogP contribution is -2.26. The predicted molar refractivity (Wildman–Crippen MR) is 81.9 cm³/mol. The summed E-state index contributed by atoms with van der Waals surface area (Å²) in [5.41, 5.74) is 0.830. The summed E-state index contributed by atoms with van der Waals surface area (Å²) in [4.78, 5) is 16.4. The Bertz CT molecular complexity index is 543. The van der Waals surface area contributed by atoms with Crippen LogP contribution in [-0.4, -0.2) is 25.5 Å². The van der Waals surface area contributed by atoms with Crippen molar-refractivity contribution in [1.29, 1.82) is 0 Å². The highest BCUT2D eigenvalue weighted by Gasteiger charge is 2.31. The van der Waals surface area contributed by atoms with Gasteiger partial charge in [-0.2, -0.15) is 0 Å². The zero-order valence-corrected chi connectivity index (χ0v) is 13.3. The third-order valence-corrected chi connectivity index (χ3v) is 3.64. The summed E-state index contributed by atoms with van der Waals surface area (Å²) in [5, 5.41) is 5.87. The molecule has 1 aliphatic rings. The maximum absolute atomic E-state index is 12.1. The quantitative estimate of drug-likeness (QED) is 0.884. The van der Waals surface area contributed by atoms with Crippen molar-refractivity contribution in [3.8, 4) is 5.75 Å². The monoisotopic (exact) mass is 339 g/mol. The van der Waals surface area contributed by atoms with Crippen LogP contribution in [0.25, 0.3) is 0 Å². The Balaban J connectivity index is 2.21. The lowest BCUT2D eigenvalue weighted by molar-refractivity contribution is -0.120. The minimum absolute atomic E-state index is 0.110. The van der Waals surface area contributed by atoms with Crippen molar-refractivity contribution in [2.24, 2.45) is 10.9 Å². The van der Waals surface area contributed by atoms with Crippen LogP contribution in [0.3, 0.4) is 0 Å². The molecule has 5 nitrogen and oxygen atoms in total. The first kappa shape index (κ1) is 14.8. The van der Waals surface area contributed by atoms with E-state index in [1.165, 1.54) is 0 Å². The third-order valence-electron chi connectivity index (χ3n) is 2.91. The molecule has 20 heavy (non-hydrogen) atoms. The van der Waals surface area contributed by atoms with Crippen molar-refractivity contribution < 1.29 is 9.53 Å². The average Bonchev–Trinajstić information content (AvgIpc) is 2.78. The number of hydrogen-bond donors (Lipinski definition) is 2. The number of methoxy groups -OCH3 is 1. The number of aliphatic imine (C=N–C) groups is 1. The summed E-state index contributed by atoms with van der Waals surface area (Å²) in [6, 6.07) is 5.10. The number of amides is 1. The molecule has 0 aliphatic carbocycles. The number of carbonyl (C=O) groups is 1. The summed E-state index contributed by atoms with van der Waals surface area (Å²) in [6.07, 6.45) is 0. The molecule has 0 saturated carbocycles. The van der Waals surface area contributed by atoms with Gasteiger partial charge >= 0.3 is 0 Å². The zero-order valence-electron chi connectivity index (χ0n) is 11.7. The van der Waals surface area contributed by atoms with Gasteiger partial charge in [0.25, 0.3) is 5.91 Å². The number of hydrogen-bond acceptors (Lipinski definition) is 3. The molecular weight excluding hydrogens is 322 g/mol. The topological polar surface area (TPSA) is 62.7 Å². The lowest BCUT2D eigenvalue weighted by Gasteiger charge is -2.12. The van der Waals surface area contributed by atoms with Crippen molar-refractivity contribution >= 4 is 27.8 Å². The van der Waals surface area contributed by atoms with Gasteiger partial charge < -0.3 is 10.1 Å². The first-order chi connectivity index (χ1) is 9.51. The van der Waals surface area contributed by atoms with E-state index < -0.39 is 6.04 Å². The first-order valence-electron chi connectivity index (χ1n) is 6.46. The maximum Gasteiger partial charge on any atom is 0.253 e. The van der Waals surface area contributed by atoms with Gasteiger partial charge in [-0.25, -0.2) is 0 Å². The molecular formula is C14H18BrN3O2. The van der Waals surface area contributed by atoms with Gasteiger partial charge in [-0.1, -0.05) is 29.8 Å². The molecule has 1 amide bonds. The van der Waals surface area contributed by atoms with Gasteiger partial charge in [0.2, 0.25) is 0 Å². The second kappa shape index (κ2) is 6.26. The molecule has 108 valence electrons. The van der Waals surface area contributed by atoms with Crippen LogP contribution in [0.1, 0.15) is 25.5 Å². The fraction of sp³-hybridized carbons (Fsp3) is 0.429. The van der Waals surface area contributed by atoms with Gasteiger partial charge in [-0.3, -0.25) is 15.1 Å². The van der Waals surface area contributed by atoms with Crippen molar-refractivity contribution in [3.05, 3.63) is 28.2 Å². The number of ether oxygens (including phenoxy) is 1. The van der Waals surface area contributed by atoms with Crippen molar-refractivity contribution in [2.45, 2.75) is 19.9 Å². The molecule has 0 bridgehead atoms. The molecule has 0 aromatic heterocycles. The molecule has 1 saturated heterocycles. The van der Waals surface area contributed by atoms with Gasteiger partial charge in [0.15, 0.2) is 5.96 Å². The van der Waals surface area contributed by atoms with E-state index in [2.05, 4.69) is 45.4 Å². The minimum Gasteiger partial charge on any atom is -0.497 e. The maximum atomic E-state index is 12.1. The molecule has 1 aromatic rings. The zero-order chi connectivity index (χ0) is 14.7. The molecule has 2 N–H and O–H groups in total. The summed E-state index contributed by atoms with van der Waals surface area (Å²) >= 11 is 3.46. The van der Waals surface area contributed by atoms with Gasteiger partial charge in [-0.15, -0.1) is 0 Å². The number of nitrogens with one attached hydrogen (secondary N) is 2. The van der Waals surface area contributed by atoms with Gasteiger partial charge in [0.05, 0.1) is 7.11 Å². The Hall–Kier alpha value is -1.56. The van der Waals surface area contributed by atoms with Crippen LogP contribution >= 0.6 is 15.9 Å². The number of halogens is 1. The summed E-state index contributed by atoms with van der Waals surface area (Å²) in [7, 11) is 1.60. The number of nitrogens with zero attached hydrogens (tertiary/aromatic N) is 1. The second-order valence-electron chi connectivity index (χ2n) is 5.04. The van der Waals surface area contributed by atoms with Crippen LogP contribution in [0.5, 0.6) is 5.75 Å². The van der Waals surface area contributed by atoms with E-state index in [9.17, 15) is 4.79 Å². The predicted octanol–water partition coefficient (Wildman–Crippen LogP) is 2.23. The molecule has 1 fully saturated rings. The van der Waals surface area contributed by atoms with E-state index in [0.717, 1.165) is 10.0 Å². The van der Waals surface area contributed by atoms with Crippen LogP contribution in [0.15, 0.2) is 27.7 Å². The van der Waals surface area contributed by atoms with E-state index in [0.29, 0.717) is 24.2 Å². The normalized spacial score (nSPS) is 20.1. The standard InChI is InChI=1S/C14H18BrN3O2/c1-8(2)7-16-14-17-12(13(19)18-14)10-6-9(20-3)4-5-11(10)15/h4-6,8,12H,7H2,1-3H3,(H2,16,17,18,19). The molecule has 2 rings (SSSR count). The largest absolute Gasteiger partial charge is 0.497 e. The fourth-order valence-electron chi connectivity index (χ4n) is 1.88. The van der Waals surface area contributed by atoms with E-state index in [4.69, 9.17) is 4.74 Å². The molecule has 0 radical (unpaired) electrons. The van der Waals surface area contributed by atoms with Crippen molar-refractivity contribution in [2.75, 3.05) is 13.7 Å². The van der Waals surface area contributed by atoms with E-state index in [1.54, 1.807) is 7.11 Å². The lowest BCUT2D eigenvalue weighted by atomic mass is 10.1. The van der Waals surface area contributed by atoms with Crippen LogP contribution in [0, 0.1) is 5.92 Å². The number of rotatable bonds is 4. The SMILES string of the molecule is COc1ccc(Br)c(C2NC(=NCC(C)C)NC2=O)c1. The molecule has 1 aliphatic heterocycles. The highest BCUT2D eigenvalue weighted by molar-refractivity contribution is 9.10. The summed E-state index contributed by atoms with van der Waals surface area (Å²) in [6.45, 7) is 4.84. The van der Waals surface area contributed by atoms with Gasteiger partial charge in [0.1, 0.15) is 11.8 Å². The summed E-state index contributed by atoms with van der Waals surface area (Å²) in [5.74, 6) is 1.58. The Morgan fingerprint density at radius 3 is 2.85 bits per heavy atom. The average molecular weight is 340 g/mol. The molecule has 0 spiro atoms. The van der Waals surface area contributed by atoms with Crippen LogP contribution in [0.4, 0.5) is 0 Å². The molecule has 1 heterocycles. The Kier molecular flexibility index (Phi) is 4.65. The van der Waals surface area contributed by atoms with E-state index in [-0.39, 0.29) is 5.91 Å². The van der Waals surface area contributed by atoms with Crippen molar-refractivity contribution in [1.82, 2.24) is 10.6 Å². The van der Waals surface area contributed by atoms with Crippen LogP contribution < -0.4 is 15.4 Å². The number of guanidine groups is 1. The molecule has 1 atom stereocenters. The smallest absolute Gasteiger partial charge is 0.253 e. The van der Waals surface area contributed by atoms with E-state index >= 15 is 0 Å². The number of benzene rings is 1. The second-order valence-corrected chi connectivity index (χ2v) is 5.89. The molecule has 6 heteroatoms. The van der Waals surface area contributed by atoms with Crippen LogP contribution in [-0.2, 0) is 4.79 Å². The molecule has 1 aromatic carbocycles. The molecule has 1 unspecified atom stereocenters. The van der Waals surface area contributed by atoms with Gasteiger partial charge in [0, 0.05) is 16.6 Å². The van der Waals surface area contributed by atoms with Crippen molar-refractivity contribution in [3.63, 3.8) is 0 Å². The Morgan fingerprint density at radius 1 is 1.45 bits per heavy atom.